The summed E-state index contributed by atoms with van der Waals surface area (Å²) < 4.78 is 7.59. The fourth-order valence-electron chi connectivity index (χ4n) is 6.21. The van der Waals surface area contributed by atoms with Crippen molar-refractivity contribution in [1.82, 2.24) is 25.7 Å². The van der Waals surface area contributed by atoms with E-state index in [2.05, 4.69) is 21.0 Å². The summed E-state index contributed by atoms with van der Waals surface area (Å²) >= 11 is 0. The van der Waals surface area contributed by atoms with Crippen LogP contribution in [0.2, 0.25) is 0 Å². The Balaban J connectivity index is 1.48. The molecule has 0 aromatic carbocycles. The number of amides is 2. The molecular weight excluding hydrogens is 430 g/mol. The molecule has 0 radical (unpaired) electrons. The molecule has 1 aromatic rings. The van der Waals surface area contributed by atoms with Gasteiger partial charge in [0.1, 0.15) is 5.56 Å². The van der Waals surface area contributed by atoms with Gasteiger partial charge in [-0.1, -0.05) is 6.08 Å². The van der Waals surface area contributed by atoms with Gasteiger partial charge in [-0.15, -0.1) is 0 Å². The van der Waals surface area contributed by atoms with Gasteiger partial charge in [-0.2, -0.15) is 5.10 Å². The van der Waals surface area contributed by atoms with Crippen molar-refractivity contribution in [3.8, 4) is 5.88 Å². The van der Waals surface area contributed by atoms with Gasteiger partial charge < -0.3 is 20.7 Å². The molecule has 8 nitrogen and oxygen atoms in total. The Morgan fingerprint density at radius 2 is 1.79 bits per heavy atom. The molecule has 0 aliphatic heterocycles. The quantitative estimate of drug-likeness (QED) is 0.456. The normalized spacial score (nSPS) is 28.0. The molecule has 0 unspecified atom stereocenters. The average Bonchev–Trinajstić information content (AvgIpc) is 3.16. The molecule has 34 heavy (non-hydrogen) atoms. The van der Waals surface area contributed by atoms with Gasteiger partial charge in [-0.3, -0.25) is 9.59 Å². The number of likely N-dealkylation sites (N-methyl/N-ethyl adjacent to an activating group) is 1. The van der Waals surface area contributed by atoms with Gasteiger partial charge in [0.15, 0.2) is 0 Å². The van der Waals surface area contributed by atoms with E-state index in [0.717, 1.165) is 11.8 Å². The molecule has 0 spiro atoms. The SMILES string of the molecule is CNCCNC(=O)C(C)(C)/C=C/n1ncc(C(=O)NC2C3CC4CC(C3)CC2C4)c1OC(C)C. The summed E-state index contributed by atoms with van der Waals surface area (Å²) in [5, 5.41) is 13.7. The molecule has 4 fully saturated rings. The average molecular weight is 472 g/mol. The van der Waals surface area contributed by atoms with Crippen LogP contribution >= 0.6 is 0 Å². The van der Waals surface area contributed by atoms with Crippen molar-refractivity contribution in [3.63, 3.8) is 0 Å². The molecule has 5 rings (SSSR count). The standard InChI is InChI=1S/C26H41N5O3/c1-16(2)34-24-21(15-29-31(24)9-6-26(3,4)25(33)28-8-7-27-5)23(32)30-22-19-11-17-10-18(13-19)14-20(22)12-17/h6,9,15-20,22,27H,7-8,10-14H2,1-5H3,(H,28,33)(H,30,32)/b9-6+. The van der Waals surface area contributed by atoms with E-state index in [1.807, 2.05) is 34.7 Å². The third-order valence-electron chi connectivity index (χ3n) is 7.74. The van der Waals surface area contributed by atoms with Gasteiger partial charge in [-0.05, 0) is 90.5 Å². The Kier molecular flexibility index (Phi) is 7.36. The number of ether oxygens (including phenoxy) is 1. The lowest BCUT2D eigenvalue weighted by Gasteiger charge is -2.54. The third-order valence-corrected chi connectivity index (χ3v) is 7.74. The summed E-state index contributed by atoms with van der Waals surface area (Å²) in [4.78, 5) is 25.9. The van der Waals surface area contributed by atoms with Gasteiger partial charge in [0.2, 0.25) is 11.8 Å². The highest BCUT2D eigenvalue weighted by atomic mass is 16.5. The van der Waals surface area contributed by atoms with Gasteiger partial charge >= 0.3 is 0 Å². The Morgan fingerprint density at radius 1 is 1.15 bits per heavy atom. The zero-order chi connectivity index (χ0) is 24.5. The summed E-state index contributed by atoms with van der Waals surface area (Å²) in [6.45, 7) is 8.83. The lowest BCUT2D eigenvalue weighted by Crippen LogP contribution is -2.55. The molecule has 4 aliphatic rings. The summed E-state index contributed by atoms with van der Waals surface area (Å²) in [5.74, 6) is 3.16. The van der Waals surface area contributed by atoms with Crippen molar-refractivity contribution in [2.75, 3.05) is 20.1 Å². The number of hydrogen-bond donors (Lipinski definition) is 3. The first-order chi connectivity index (χ1) is 16.2. The Morgan fingerprint density at radius 3 is 2.38 bits per heavy atom. The molecule has 4 bridgehead atoms. The molecule has 3 N–H and O–H groups in total. The van der Waals surface area contributed by atoms with Crippen LogP contribution in [0.4, 0.5) is 0 Å². The summed E-state index contributed by atoms with van der Waals surface area (Å²) in [7, 11) is 1.85. The zero-order valence-electron chi connectivity index (χ0n) is 21.3. The second-order valence-electron chi connectivity index (χ2n) is 11.3. The molecule has 0 atom stereocenters. The maximum Gasteiger partial charge on any atom is 0.258 e. The number of nitrogens with one attached hydrogen (secondary N) is 3. The van der Waals surface area contributed by atoms with E-state index < -0.39 is 5.41 Å². The Labute approximate surface area is 203 Å². The minimum absolute atomic E-state index is 0.0719. The van der Waals surface area contributed by atoms with E-state index in [1.165, 1.54) is 32.1 Å². The maximum absolute atomic E-state index is 13.4. The molecule has 4 saturated carbocycles. The van der Waals surface area contributed by atoms with Gasteiger partial charge in [0.05, 0.1) is 17.7 Å². The van der Waals surface area contributed by atoms with Crippen LogP contribution in [0.5, 0.6) is 5.88 Å². The van der Waals surface area contributed by atoms with Crippen molar-refractivity contribution < 1.29 is 14.3 Å². The number of nitrogens with zero attached hydrogens (tertiary/aromatic N) is 2. The van der Waals surface area contributed by atoms with Crippen LogP contribution in [0, 0.1) is 29.1 Å². The first kappa shape index (κ1) is 24.8. The van der Waals surface area contributed by atoms with E-state index in [-0.39, 0.29) is 24.0 Å². The van der Waals surface area contributed by atoms with Crippen molar-refractivity contribution in [3.05, 3.63) is 17.8 Å². The molecule has 1 aromatic heterocycles. The third kappa shape index (κ3) is 5.32. The lowest BCUT2D eigenvalue weighted by molar-refractivity contribution is -0.127. The summed E-state index contributed by atoms with van der Waals surface area (Å²) in [6, 6.07) is 0.256. The van der Waals surface area contributed by atoms with Crippen molar-refractivity contribution in [2.45, 2.75) is 71.9 Å². The predicted molar refractivity (Wildman–Crippen MR) is 132 cm³/mol. The van der Waals surface area contributed by atoms with E-state index >= 15 is 0 Å². The fourth-order valence-corrected chi connectivity index (χ4v) is 6.21. The monoisotopic (exact) mass is 471 g/mol. The topological polar surface area (TPSA) is 97.3 Å². The van der Waals surface area contributed by atoms with Gasteiger partial charge in [-0.25, -0.2) is 4.68 Å². The van der Waals surface area contributed by atoms with E-state index in [1.54, 1.807) is 23.2 Å². The number of carbonyl (C=O) groups is 2. The number of hydrogen-bond acceptors (Lipinski definition) is 5. The number of rotatable bonds is 10. The van der Waals surface area contributed by atoms with E-state index in [4.69, 9.17) is 4.74 Å². The second-order valence-corrected chi connectivity index (χ2v) is 11.3. The maximum atomic E-state index is 13.4. The minimum atomic E-state index is -0.738. The zero-order valence-corrected chi connectivity index (χ0v) is 21.3. The highest BCUT2D eigenvalue weighted by Gasteiger charge is 2.48. The highest BCUT2D eigenvalue weighted by molar-refractivity contribution is 5.96. The van der Waals surface area contributed by atoms with Crippen molar-refractivity contribution in [2.24, 2.45) is 29.1 Å². The summed E-state index contributed by atoms with van der Waals surface area (Å²) in [5.41, 5.74) is -0.291. The molecule has 1 heterocycles. The largest absolute Gasteiger partial charge is 0.474 e. The van der Waals surface area contributed by atoms with Crippen LogP contribution < -0.4 is 20.7 Å². The number of carbonyl (C=O) groups excluding carboxylic acids is 2. The van der Waals surface area contributed by atoms with E-state index in [0.29, 0.717) is 36.4 Å². The first-order valence-corrected chi connectivity index (χ1v) is 12.8. The molecule has 0 saturated heterocycles. The second kappa shape index (κ2) is 10.1. The highest BCUT2D eigenvalue weighted by Crippen LogP contribution is 2.53. The van der Waals surface area contributed by atoms with E-state index in [9.17, 15) is 9.59 Å². The predicted octanol–water partition coefficient (Wildman–Crippen LogP) is 3.06. The lowest BCUT2D eigenvalue weighted by atomic mass is 9.54. The molecule has 2 amide bonds. The van der Waals surface area contributed by atoms with Crippen LogP contribution in [-0.2, 0) is 4.79 Å². The van der Waals surface area contributed by atoms with Crippen molar-refractivity contribution >= 4 is 18.0 Å². The molecular formula is C26H41N5O3. The number of aromatic nitrogens is 2. The molecule has 4 aliphatic carbocycles. The van der Waals surface area contributed by atoms with Gasteiger partial charge in [0.25, 0.3) is 5.91 Å². The van der Waals surface area contributed by atoms with Crippen LogP contribution in [0.15, 0.2) is 12.3 Å². The van der Waals surface area contributed by atoms with Crippen LogP contribution in [-0.4, -0.2) is 53.9 Å². The minimum Gasteiger partial charge on any atom is -0.474 e. The summed E-state index contributed by atoms with van der Waals surface area (Å²) in [6.07, 6.45) is 11.4. The molecule has 8 heteroatoms. The van der Waals surface area contributed by atoms with Crippen molar-refractivity contribution in [1.29, 1.82) is 0 Å². The Bertz CT molecular complexity index is 892. The fraction of sp³-hybridized carbons (Fsp3) is 0.731. The smallest absolute Gasteiger partial charge is 0.258 e. The van der Waals surface area contributed by atoms with Crippen LogP contribution in [0.1, 0.15) is 70.2 Å². The Hall–Kier alpha value is -2.35. The molecule has 188 valence electrons. The first-order valence-electron chi connectivity index (χ1n) is 12.8. The van der Waals surface area contributed by atoms with Crippen LogP contribution in [0.25, 0.3) is 6.20 Å². The van der Waals surface area contributed by atoms with Gasteiger partial charge in [0, 0.05) is 25.3 Å². The van der Waals surface area contributed by atoms with Crippen LogP contribution in [0.3, 0.4) is 0 Å².